The molecule has 0 bridgehead atoms. The number of anilines is 1. The summed E-state index contributed by atoms with van der Waals surface area (Å²) in [7, 11) is 1.68. The largest absolute Gasteiger partial charge is 0.497 e. The number of esters is 1. The van der Waals surface area contributed by atoms with E-state index >= 15 is 0 Å². The molecule has 0 amide bonds. The number of methoxy groups -OCH3 is 1. The Morgan fingerprint density at radius 1 is 1.23 bits per heavy atom. The first-order valence-electron chi connectivity index (χ1n) is 10.5. The topological polar surface area (TPSA) is 82.6 Å². The monoisotopic (exact) mass is 441 g/mol. The Balaban J connectivity index is 1.65. The maximum absolute atomic E-state index is 12.3. The molecule has 0 radical (unpaired) electrons. The van der Waals surface area contributed by atoms with Gasteiger partial charge in [-0.1, -0.05) is 12.1 Å². The zero-order valence-corrected chi connectivity index (χ0v) is 18.9. The van der Waals surface area contributed by atoms with Crippen LogP contribution in [0.4, 0.5) is 5.82 Å². The normalized spacial score (nSPS) is 15.6. The second-order valence-corrected chi connectivity index (χ2v) is 8.65. The third kappa shape index (κ3) is 4.22. The Labute approximate surface area is 185 Å². The fourth-order valence-corrected chi connectivity index (χ4v) is 5.17. The van der Waals surface area contributed by atoms with Crippen molar-refractivity contribution in [3.63, 3.8) is 0 Å². The van der Waals surface area contributed by atoms with Crippen molar-refractivity contribution < 1.29 is 19.0 Å². The van der Waals surface area contributed by atoms with E-state index in [0.29, 0.717) is 18.0 Å². The lowest BCUT2D eigenvalue weighted by molar-refractivity contribution is 0.0530. The van der Waals surface area contributed by atoms with Gasteiger partial charge < -0.3 is 19.5 Å². The molecule has 3 aromatic rings. The van der Waals surface area contributed by atoms with Gasteiger partial charge in [-0.2, -0.15) is 0 Å². The van der Waals surface area contributed by atoms with Crippen molar-refractivity contribution in [3.05, 3.63) is 46.6 Å². The van der Waals surface area contributed by atoms with Gasteiger partial charge in [0, 0.05) is 25.2 Å². The molecule has 1 fully saturated rings. The molecule has 7 nitrogen and oxygen atoms in total. The third-order valence-corrected chi connectivity index (χ3v) is 7.11. The summed E-state index contributed by atoms with van der Waals surface area (Å²) in [5, 5.41) is 4.45. The number of benzene rings is 1. The van der Waals surface area contributed by atoms with Gasteiger partial charge >= 0.3 is 5.97 Å². The van der Waals surface area contributed by atoms with Crippen molar-refractivity contribution in [3.8, 4) is 5.75 Å². The van der Waals surface area contributed by atoms with Gasteiger partial charge in [-0.15, -0.1) is 11.3 Å². The number of rotatable bonds is 7. The van der Waals surface area contributed by atoms with Gasteiger partial charge in [0.05, 0.1) is 19.1 Å². The van der Waals surface area contributed by atoms with Crippen LogP contribution in [0.15, 0.2) is 30.6 Å². The second kappa shape index (κ2) is 9.20. The third-order valence-electron chi connectivity index (χ3n) is 5.93. The molecule has 2 aromatic heterocycles. The molecular weight excluding hydrogens is 414 g/mol. The number of hydrogen-bond donors (Lipinski definition) is 1. The number of fused-ring (bicyclic) bond motifs is 1. The number of nitrogens with zero attached hydrogens (tertiary/aromatic N) is 2. The first kappa shape index (κ1) is 21.5. The Morgan fingerprint density at radius 2 is 1.97 bits per heavy atom. The van der Waals surface area contributed by atoms with E-state index in [1.54, 1.807) is 20.4 Å². The second-order valence-electron chi connectivity index (χ2n) is 7.65. The van der Waals surface area contributed by atoms with Gasteiger partial charge in [-0.25, -0.2) is 14.8 Å². The molecule has 0 atom stereocenters. The van der Waals surface area contributed by atoms with Gasteiger partial charge in [0.15, 0.2) is 0 Å². The summed E-state index contributed by atoms with van der Waals surface area (Å²) in [5.74, 6) is 1.28. The SMILES string of the molecule is CCOC(=O)c1sc2ncnc(NCC3(c4ccc(OC)cc4)CCOCC3)c2c1C. The van der Waals surface area contributed by atoms with Crippen LogP contribution in [0, 0.1) is 6.92 Å². The Bertz CT molecular complexity index is 1060. The zero-order chi connectivity index (χ0) is 21.8. The van der Waals surface area contributed by atoms with Gasteiger partial charge in [-0.3, -0.25) is 0 Å². The highest BCUT2D eigenvalue weighted by Gasteiger charge is 2.35. The molecule has 0 saturated carbocycles. The lowest BCUT2D eigenvalue weighted by Crippen LogP contribution is -2.40. The van der Waals surface area contributed by atoms with Crippen molar-refractivity contribution >= 4 is 33.3 Å². The molecule has 4 rings (SSSR count). The van der Waals surface area contributed by atoms with E-state index in [1.807, 2.05) is 19.1 Å². The van der Waals surface area contributed by atoms with E-state index in [2.05, 4.69) is 27.4 Å². The Kier molecular flexibility index (Phi) is 6.38. The number of carbonyl (C=O) groups is 1. The number of ether oxygens (including phenoxy) is 3. The van der Waals surface area contributed by atoms with E-state index in [4.69, 9.17) is 14.2 Å². The van der Waals surface area contributed by atoms with Crippen LogP contribution in [0.2, 0.25) is 0 Å². The average Bonchev–Trinajstić information content (AvgIpc) is 3.16. The van der Waals surface area contributed by atoms with Crippen LogP contribution in [-0.4, -0.2) is 49.4 Å². The quantitative estimate of drug-likeness (QED) is 0.546. The standard InChI is InChI=1S/C23H27N3O4S/c1-4-30-22(27)19-15(2)18-20(25-14-26-21(18)31-19)24-13-23(9-11-29-12-10-23)16-5-7-17(28-3)8-6-16/h5-8,14H,4,9-13H2,1-3H3,(H,24,25,26). The van der Waals surface area contributed by atoms with Crippen LogP contribution in [0.25, 0.3) is 10.2 Å². The van der Waals surface area contributed by atoms with Crippen LogP contribution in [-0.2, 0) is 14.9 Å². The predicted molar refractivity (Wildman–Crippen MR) is 121 cm³/mol. The maximum Gasteiger partial charge on any atom is 0.348 e. The molecule has 0 aliphatic carbocycles. The maximum atomic E-state index is 12.3. The van der Waals surface area contributed by atoms with E-state index in [-0.39, 0.29) is 11.4 Å². The fraction of sp³-hybridized carbons (Fsp3) is 0.435. The molecule has 3 heterocycles. The fourth-order valence-electron chi connectivity index (χ4n) is 4.12. The van der Waals surface area contributed by atoms with Gasteiger partial charge in [0.25, 0.3) is 0 Å². The highest BCUT2D eigenvalue weighted by atomic mass is 32.1. The first-order valence-corrected chi connectivity index (χ1v) is 11.3. The summed E-state index contributed by atoms with van der Waals surface area (Å²) in [6.45, 7) is 6.22. The van der Waals surface area contributed by atoms with Crippen LogP contribution in [0.1, 0.15) is 40.6 Å². The van der Waals surface area contributed by atoms with Crippen molar-refractivity contribution in [2.75, 3.05) is 38.8 Å². The molecule has 1 saturated heterocycles. The number of carbonyl (C=O) groups excluding carboxylic acids is 1. The van der Waals surface area contributed by atoms with Crippen molar-refractivity contribution in [2.45, 2.75) is 32.1 Å². The Hall–Kier alpha value is -2.71. The van der Waals surface area contributed by atoms with E-state index in [1.165, 1.54) is 16.9 Å². The summed E-state index contributed by atoms with van der Waals surface area (Å²) in [4.78, 5) is 22.6. The molecular formula is C23H27N3O4S. The smallest absolute Gasteiger partial charge is 0.348 e. The van der Waals surface area contributed by atoms with Crippen LogP contribution < -0.4 is 10.1 Å². The minimum atomic E-state index is -0.312. The molecule has 1 aromatic carbocycles. The minimum absolute atomic E-state index is 0.0737. The summed E-state index contributed by atoms with van der Waals surface area (Å²) in [6, 6.07) is 8.28. The number of aromatic nitrogens is 2. The van der Waals surface area contributed by atoms with E-state index in [9.17, 15) is 4.79 Å². The molecule has 8 heteroatoms. The highest BCUT2D eigenvalue weighted by Crippen LogP contribution is 2.38. The van der Waals surface area contributed by atoms with Gasteiger partial charge in [0.2, 0.25) is 0 Å². The highest BCUT2D eigenvalue weighted by molar-refractivity contribution is 7.20. The predicted octanol–water partition coefficient (Wildman–Crippen LogP) is 4.35. The molecule has 0 spiro atoms. The summed E-state index contributed by atoms with van der Waals surface area (Å²) in [6.07, 6.45) is 3.37. The summed E-state index contributed by atoms with van der Waals surface area (Å²) < 4.78 is 16.2. The lowest BCUT2D eigenvalue weighted by Gasteiger charge is -2.38. The van der Waals surface area contributed by atoms with Crippen molar-refractivity contribution in [1.82, 2.24) is 9.97 Å². The van der Waals surface area contributed by atoms with Crippen molar-refractivity contribution in [1.29, 1.82) is 0 Å². The Morgan fingerprint density at radius 3 is 2.65 bits per heavy atom. The van der Waals surface area contributed by atoms with Crippen molar-refractivity contribution in [2.24, 2.45) is 0 Å². The van der Waals surface area contributed by atoms with Crippen LogP contribution in [0.5, 0.6) is 5.75 Å². The van der Waals surface area contributed by atoms with Crippen LogP contribution in [0.3, 0.4) is 0 Å². The minimum Gasteiger partial charge on any atom is -0.497 e. The summed E-state index contributed by atoms with van der Waals surface area (Å²) in [5.41, 5.74) is 2.03. The number of hydrogen-bond acceptors (Lipinski definition) is 8. The molecule has 0 unspecified atom stereocenters. The average molecular weight is 442 g/mol. The van der Waals surface area contributed by atoms with Gasteiger partial charge in [0.1, 0.15) is 27.6 Å². The van der Waals surface area contributed by atoms with Crippen LogP contribution >= 0.6 is 11.3 Å². The summed E-state index contributed by atoms with van der Waals surface area (Å²) >= 11 is 1.35. The first-order chi connectivity index (χ1) is 15.1. The number of aryl methyl sites for hydroxylation is 1. The molecule has 1 aliphatic heterocycles. The molecule has 1 aliphatic rings. The molecule has 1 N–H and O–H groups in total. The van der Waals surface area contributed by atoms with E-state index < -0.39 is 0 Å². The van der Waals surface area contributed by atoms with E-state index in [0.717, 1.165) is 53.4 Å². The molecule has 31 heavy (non-hydrogen) atoms. The number of thiophene rings is 1. The lowest BCUT2D eigenvalue weighted by atomic mass is 9.74. The molecule has 164 valence electrons. The number of nitrogens with one attached hydrogen (secondary N) is 1. The van der Waals surface area contributed by atoms with Gasteiger partial charge in [-0.05, 0) is 49.9 Å². The zero-order valence-electron chi connectivity index (χ0n) is 18.1.